The summed E-state index contributed by atoms with van der Waals surface area (Å²) in [6.07, 6.45) is 0.710. The molecule has 2 aliphatic rings. The molecule has 0 bridgehead atoms. The molecular formula is C23H32FN7O. The van der Waals surface area contributed by atoms with E-state index in [4.69, 9.17) is 9.97 Å². The lowest BCUT2D eigenvalue weighted by Crippen LogP contribution is -2.48. The molecule has 0 aliphatic carbocycles. The predicted molar refractivity (Wildman–Crippen MR) is 125 cm³/mol. The van der Waals surface area contributed by atoms with Crippen LogP contribution in [0.5, 0.6) is 0 Å². The van der Waals surface area contributed by atoms with Crippen LogP contribution in [0.25, 0.3) is 0 Å². The highest BCUT2D eigenvalue weighted by molar-refractivity contribution is 5.75. The highest BCUT2D eigenvalue weighted by Crippen LogP contribution is 2.29. The number of fused-ring (bicyclic) bond motifs is 1. The summed E-state index contributed by atoms with van der Waals surface area (Å²) < 4.78 is 14.2. The molecule has 4 rings (SSSR count). The molecule has 1 aromatic carbocycles. The number of hydrogen-bond acceptors (Lipinski definition) is 6. The Hall–Kier alpha value is -3.10. The van der Waals surface area contributed by atoms with Gasteiger partial charge < -0.3 is 24.9 Å². The van der Waals surface area contributed by atoms with Gasteiger partial charge >= 0.3 is 6.03 Å². The summed E-state index contributed by atoms with van der Waals surface area (Å²) in [6, 6.07) is 6.88. The number of carbonyl (C=O) groups is 1. The van der Waals surface area contributed by atoms with Crippen LogP contribution < -0.4 is 20.0 Å². The van der Waals surface area contributed by atoms with Gasteiger partial charge in [0.1, 0.15) is 11.6 Å². The van der Waals surface area contributed by atoms with Crippen LogP contribution in [-0.2, 0) is 13.0 Å². The second-order valence-corrected chi connectivity index (χ2v) is 8.22. The van der Waals surface area contributed by atoms with Crippen molar-refractivity contribution in [2.75, 3.05) is 67.6 Å². The third-order valence-electron chi connectivity index (χ3n) is 6.23. The van der Waals surface area contributed by atoms with Gasteiger partial charge in [-0.2, -0.15) is 4.98 Å². The number of piperazine rings is 1. The first kappa shape index (κ1) is 22.1. The summed E-state index contributed by atoms with van der Waals surface area (Å²) in [5.41, 5.74) is 2.69. The van der Waals surface area contributed by atoms with E-state index in [9.17, 15) is 9.18 Å². The minimum absolute atomic E-state index is 0.0448. The third-order valence-corrected chi connectivity index (χ3v) is 6.23. The molecule has 0 radical (unpaired) electrons. The van der Waals surface area contributed by atoms with Crippen molar-refractivity contribution in [1.82, 2.24) is 20.2 Å². The molecule has 3 heterocycles. The van der Waals surface area contributed by atoms with Crippen molar-refractivity contribution >= 4 is 23.5 Å². The number of urea groups is 1. The Morgan fingerprint density at radius 2 is 1.81 bits per heavy atom. The molecule has 0 saturated carbocycles. The zero-order chi connectivity index (χ0) is 22.7. The molecule has 9 heteroatoms. The van der Waals surface area contributed by atoms with E-state index in [1.165, 1.54) is 6.07 Å². The molecule has 32 heavy (non-hydrogen) atoms. The summed E-state index contributed by atoms with van der Waals surface area (Å²) >= 11 is 0. The van der Waals surface area contributed by atoms with E-state index < -0.39 is 0 Å². The topological polar surface area (TPSA) is 67.8 Å². The van der Waals surface area contributed by atoms with E-state index in [1.54, 1.807) is 6.07 Å². The van der Waals surface area contributed by atoms with Gasteiger partial charge in [0.05, 0.1) is 17.9 Å². The van der Waals surface area contributed by atoms with Gasteiger partial charge in [0, 0.05) is 64.8 Å². The van der Waals surface area contributed by atoms with Crippen LogP contribution >= 0.6 is 0 Å². The van der Waals surface area contributed by atoms with E-state index in [0.29, 0.717) is 44.8 Å². The SMILES string of the molecule is CCNC(=O)N1CCc2nc(N3CCN(c4ccccc4F)CC3)nc(N(C)CC)c2C1. The number of nitrogens with zero attached hydrogens (tertiary/aromatic N) is 6. The van der Waals surface area contributed by atoms with Gasteiger partial charge in [-0.05, 0) is 26.0 Å². The van der Waals surface area contributed by atoms with Crippen molar-refractivity contribution in [1.29, 1.82) is 0 Å². The molecule has 2 aliphatic heterocycles. The van der Waals surface area contributed by atoms with E-state index in [-0.39, 0.29) is 11.8 Å². The van der Waals surface area contributed by atoms with E-state index >= 15 is 0 Å². The minimum atomic E-state index is -0.186. The molecule has 1 saturated heterocycles. The second-order valence-electron chi connectivity index (χ2n) is 8.22. The van der Waals surface area contributed by atoms with Crippen molar-refractivity contribution in [3.63, 3.8) is 0 Å². The fraction of sp³-hybridized carbons (Fsp3) is 0.522. The van der Waals surface area contributed by atoms with Crippen LogP contribution in [0.1, 0.15) is 25.1 Å². The standard InChI is InChI=1S/C23H32FN7O/c1-4-25-23(32)31-11-10-19-17(16-31)21(28(3)5-2)27-22(26-19)30-14-12-29(13-15-30)20-9-7-6-8-18(20)24/h6-9H,4-5,10-16H2,1-3H3,(H,25,32). The molecule has 2 amide bonds. The summed E-state index contributed by atoms with van der Waals surface area (Å²) in [4.78, 5) is 30.4. The van der Waals surface area contributed by atoms with Gasteiger partial charge in [-0.1, -0.05) is 12.1 Å². The Morgan fingerprint density at radius 3 is 2.50 bits per heavy atom. The molecular weight excluding hydrogens is 409 g/mol. The molecule has 1 N–H and O–H groups in total. The summed E-state index contributed by atoms with van der Waals surface area (Å²) in [5.74, 6) is 1.42. The molecule has 0 spiro atoms. The lowest BCUT2D eigenvalue weighted by Gasteiger charge is -2.37. The average molecular weight is 442 g/mol. The van der Waals surface area contributed by atoms with Crippen molar-refractivity contribution in [3.05, 3.63) is 41.3 Å². The number of halogens is 1. The molecule has 8 nitrogen and oxygen atoms in total. The average Bonchev–Trinajstić information content (AvgIpc) is 2.83. The molecule has 2 aromatic rings. The molecule has 172 valence electrons. The lowest BCUT2D eigenvalue weighted by atomic mass is 10.1. The number of amides is 2. The van der Waals surface area contributed by atoms with Crippen LogP contribution in [0.4, 0.5) is 26.6 Å². The maximum absolute atomic E-state index is 14.2. The lowest BCUT2D eigenvalue weighted by molar-refractivity contribution is 0.192. The van der Waals surface area contributed by atoms with Crippen molar-refractivity contribution in [2.45, 2.75) is 26.8 Å². The summed E-state index contributed by atoms with van der Waals surface area (Å²) in [7, 11) is 2.02. The summed E-state index contributed by atoms with van der Waals surface area (Å²) in [6.45, 7) is 9.48. The number of rotatable bonds is 5. The first-order chi connectivity index (χ1) is 15.5. The number of anilines is 3. The van der Waals surface area contributed by atoms with E-state index in [1.807, 2.05) is 31.0 Å². The first-order valence-corrected chi connectivity index (χ1v) is 11.4. The summed E-state index contributed by atoms with van der Waals surface area (Å²) in [5, 5.41) is 2.89. The Labute approximate surface area is 189 Å². The quantitative estimate of drug-likeness (QED) is 0.769. The monoisotopic (exact) mass is 441 g/mol. The fourth-order valence-corrected chi connectivity index (χ4v) is 4.28. The van der Waals surface area contributed by atoms with E-state index in [2.05, 4.69) is 26.9 Å². The Balaban J connectivity index is 1.55. The smallest absolute Gasteiger partial charge is 0.317 e. The minimum Gasteiger partial charge on any atom is -0.366 e. The highest BCUT2D eigenvalue weighted by Gasteiger charge is 2.28. The zero-order valence-electron chi connectivity index (χ0n) is 19.1. The molecule has 1 aromatic heterocycles. The first-order valence-electron chi connectivity index (χ1n) is 11.4. The van der Waals surface area contributed by atoms with E-state index in [0.717, 1.165) is 42.7 Å². The molecule has 0 atom stereocenters. The number of carbonyl (C=O) groups excluding carboxylic acids is 1. The van der Waals surface area contributed by atoms with Crippen molar-refractivity contribution < 1.29 is 9.18 Å². The van der Waals surface area contributed by atoms with Crippen molar-refractivity contribution in [3.8, 4) is 0 Å². The van der Waals surface area contributed by atoms with Crippen LogP contribution in [0.3, 0.4) is 0 Å². The number of hydrogen-bond donors (Lipinski definition) is 1. The van der Waals surface area contributed by atoms with Crippen LogP contribution in [0.2, 0.25) is 0 Å². The third kappa shape index (κ3) is 4.42. The highest BCUT2D eigenvalue weighted by atomic mass is 19.1. The van der Waals surface area contributed by atoms with Crippen LogP contribution in [0.15, 0.2) is 24.3 Å². The van der Waals surface area contributed by atoms with Gasteiger partial charge in [-0.25, -0.2) is 14.2 Å². The zero-order valence-corrected chi connectivity index (χ0v) is 19.1. The number of benzene rings is 1. The second kappa shape index (κ2) is 9.58. The van der Waals surface area contributed by atoms with Crippen molar-refractivity contribution in [2.24, 2.45) is 0 Å². The number of nitrogens with one attached hydrogen (secondary N) is 1. The van der Waals surface area contributed by atoms with Gasteiger partial charge in [0.25, 0.3) is 0 Å². The predicted octanol–water partition coefficient (Wildman–Crippen LogP) is 2.49. The number of para-hydroxylation sites is 1. The Morgan fingerprint density at radius 1 is 1.09 bits per heavy atom. The maximum Gasteiger partial charge on any atom is 0.317 e. The van der Waals surface area contributed by atoms with Crippen LogP contribution in [-0.4, -0.2) is 73.8 Å². The van der Waals surface area contributed by atoms with Gasteiger partial charge in [0.2, 0.25) is 5.95 Å². The largest absolute Gasteiger partial charge is 0.366 e. The number of aromatic nitrogens is 2. The van der Waals surface area contributed by atoms with Gasteiger partial charge in [-0.3, -0.25) is 0 Å². The Kier molecular flexibility index (Phi) is 6.62. The Bertz CT molecular complexity index is 961. The molecule has 1 fully saturated rings. The van der Waals surface area contributed by atoms with Crippen LogP contribution in [0, 0.1) is 5.82 Å². The fourth-order valence-electron chi connectivity index (χ4n) is 4.28. The maximum atomic E-state index is 14.2. The normalized spacial score (nSPS) is 16.1. The van der Waals surface area contributed by atoms with Gasteiger partial charge in [0.15, 0.2) is 0 Å². The molecule has 0 unspecified atom stereocenters. The van der Waals surface area contributed by atoms with Gasteiger partial charge in [-0.15, -0.1) is 0 Å².